The molecular formula is C14H17Br2NO2. The molecule has 1 heterocycles. The SMILES string of the molecule is CC(C)C(Br)C(=O)NCc1cc(Br)cc2c1OCC2. The Morgan fingerprint density at radius 1 is 1.47 bits per heavy atom. The molecule has 5 heteroatoms. The van der Waals surface area contributed by atoms with E-state index < -0.39 is 0 Å². The molecule has 0 bridgehead atoms. The first-order chi connectivity index (χ1) is 8.99. The van der Waals surface area contributed by atoms with E-state index in [0.717, 1.165) is 28.8 Å². The molecule has 0 saturated heterocycles. The van der Waals surface area contributed by atoms with Gasteiger partial charge in [-0.1, -0.05) is 45.7 Å². The molecule has 1 atom stereocenters. The monoisotopic (exact) mass is 389 g/mol. The Hall–Kier alpha value is -0.550. The molecule has 0 aliphatic carbocycles. The highest BCUT2D eigenvalue weighted by Gasteiger charge is 2.21. The van der Waals surface area contributed by atoms with E-state index in [4.69, 9.17) is 4.74 Å². The van der Waals surface area contributed by atoms with Crippen LogP contribution >= 0.6 is 31.9 Å². The number of ether oxygens (including phenoxy) is 1. The molecule has 1 unspecified atom stereocenters. The van der Waals surface area contributed by atoms with Crippen molar-refractivity contribution in [2.75, 3.05) is 6.61 Å². The maximum absolute atomic E-state index is 11.9. The normalized spacial score (nSPS) is 15.0. The fourth-order valence-electron chi connectivity index (χ4n) is 2.06. The van der Waals surface area contributed by atoms with Gasteiger partial charge in [-0.2, -0.15) is 0 Å². The lowest BCUT2D eigenvalue weighted by Crippen LogP contribution is -2.33. The molecular weight excluding hydrogens is 374 g/mol. The third kappa shape index (κ3) is 3.51. The van der Waals surface area contributed by atoms with Crippen LogP contribution < -0.4 is 10.1 Å². The molecule has 1 aliphatic rings. The number of hydrogen-bond acceptors (Lipinski definition) is 2. The lowest BCUT2D eigenvalue weighted by atomic mass is 10.1. The fraction of sp³-hybridized carbons (Fsp3) is 0.500. The number of rotatable bonds is 4. The molecule has 3 nitrogen and oxygen atoms in total. The summed E-state index contributed by atoms with van der Waals surface area (Å²) >= 11 is 6.90. The molecule has 1 aromatic carbocycles. The van der Waals surface area contributed by atoms with Gasteiger partial charge in [0.15, 0.2) is 0 Å². The van der Waals surface area contributed by atoms with E-state index in [2.05, 4.69) is 43.2 Å². The topological polar surface area (TPSA) is 38.3 Å². The van der Waals surface area contributed by atoms with Crippen LogP contribution in [-0.4, -0.2) is 17.3 Å². The molecule has 19 heavy (non-hydrogen) atoms. The summed E-state index contributed by atoms with van der Waals surface area (Å²) in [4.78, 5) is 11.8. The van der Waals surface area contributed by atoms with Crippen LogP contribution in [0.2, 0.25) is 0 Å². The van der Waals surface area contributed by atoms with Gasteiger partial charge >= 0.3 is 0 Å². The number of amides is 1. The van der Waals surface area contributed by atoms with E-state index in [0.29, 0.717) is 6.54 Å². The second kappa shape index (κ2) is 6.27. The van der Waals surface area contributed by atoms with Crippen molar-refractivity contribution in [1.29, 1.82) is 0 Å². The summed E-state index contributed by atoms with van der Waals surface area (Å²) in [5.74, 6) is 1.21. The second-order valence-corrected chi connectivity index (χ2v) is 6.92. The Morgan fingerprint density at radius 2 is 2.21 bits per heavy atom. The van der Waals surface area contributed by atoms with Gasteiger partial charge in [-0.05, 0) is 23.6 Å². The van der Waals surface area contributed by atoms with Gasteiger partial charge in [-0.3, -0.25) is 4.79 Å². The van der Waals surface area contributed by atoms with Crippen LogP contribution in [0.15, 0.2) is 16.6 Å². The summed E-state index contributed by atoms with van der Waals surface area (Å²) in [5.41, 5.74) is 2.23. The zero-order chi connectivity index (χ0) is 14.0. The summed E-state index contributed by atoms with van der Waals surface area (Å²) in [6, 6.07) is 4.08. The van der Waals surface area contributed by atoms with Crippen molar-refractivity contribution in [1.82, 2.24) is 5.32 Å². The molecule has 0 saturated carbocycles. The van der Waals surface area contributed by atoms with Crippen molar-refractivity contribution in [2.24, 2.45) is 5.92 Å². The zero-order valence-corrected chi connectivity index (χ0v) is 14.2. The highest BCUT2D eigenvalue weighted by atomic mass is 79.9. The van der Waals surface area contributed by atoms with Crippen molar-refractivity contribution >= 4 is 37.8 Å². The van der Waals surface area contributed by atoms with E-state index >= 15 is 0 Å². The van der Waals surface area contributed by atoms with E-state index in [1.54, 1.807) is 0 Å². The minimum atomic E-state index is -0.159. The van der Waals surface area contributed by atoms with Crippen LogP contribution in [0.5, 0.6) is 5.75 Å². The molecule has 1 aromatic rings. The van der Waals surface area contributed by atoms with E-state index in [9.17, 15) is 4.79 Å². The lowest BCUT2D eigenvalue weighted by Gasteiger charge is -2.15. The largest absolute Gasteiger partial charge is 0.493 e. The van der Waals surface area contributed by atoms with Gasteiger partial charge in [-0.25, -0.2) is 0 Å². The first-order valence-electron chi connectivity index (χ1n) is 6.35. The number of hydrogen-bond donors (Lipinski definition) is 1. The number of benzene rings is 1. The summed E-state index contributed by atoms with van der Waals surface area (Å²) < 4.78 is 6.67. The molecule has 1 N–H and O–H groups in total. The molecule has 1 aliphatic heterocycles. The van der Waals surface area contributed by atoms with Gasteiger partial charge in [0.2, 0.25) is 5.91 Å². The molecule has 0 fully saturated rings. The zero-order valence-electron chi connectivity index (χ0n) is 11.0. The van der Waals surface area contributed by atoms with Crippen LogP contribution in [0, 0.1) is 5.92 Å². The summed E-state index contributed by atoms with van der Waals surface area (Å²) in [6.07, 6.45) is 0.933. The van der Waals surface area contributed by atoms with Crippen LogP contribution in [0.3, 0.4) is 0 Å². The lowest BCUT2D eigenvalue weighted by molar-refractivity contribution is -0.121. The number of alkyl halides is 1. The van der Waals surface area contributed by atoms with Crippen LogP contribution in [-0.2, 0) is 17.8 Å². The van der Waals surface area contributed by atoms with Gasteiger partial charge in [-0.15, -0.1) is 0 Å². The quantitative estimate of drug-likeness (QED) is 0.800. The minimum Gasteiger partial charge on any atom is -0.493 e. The summed E-state index contributed by atoms with van der Waals surface area (Å²) in [5, 5.41) is 2.95. The minimum absolute atomic E-state index is 0.0155. The van der Waals surface area contributed by atoms with Crippen molar-refractivity contribution in [3.05, 3.63) is 27.7 Å². The fourth-order valence-corrected chi connectivity index (χ4v) is 2.77. The number of fused-ring (bicyclic) bond motifs is 1. The van der Waals surface area contributed by atoms with Crippen molar-refractivity contribution < 1.29 is 9.53 Å². The van der Waals surface area contributed by atoms with Gasteiger partial charge in [0.1, 0.15) is 5.75 Å². The molecule has 1 amide bonds. The van der Waals surface area contributed by atoms with E-state index in [1.807, 2.05) is 19.9 Å². The molecule has 2 rings (SSSR count). The van der Waals surface area contributed by atoms with Crippen molar-refractivity contribution in [3.63, 3.8) is 0 Å². The number of carbonyl (C=O) groups is 1. The summed E-state index contributed by atoms with van der Waals surface area (Å²) in [6.45, 7) is 5.24. The number of nitrogens with one attached hydrogen (secondary N) is 1. The Labute approximate surface area is 130 Å². The first kappa shape index (κ1) is 14.9. The third-order valence-electron chi connectivity index (χ3n) is 3.11. The van der Waals surface area contributed by atoms with Gasteiger partial charge < -0.3 is 10.1 Å². The van der Waals surface area contributed by atoms with Crippen molar-refractivity contribution in [3.8, 4) is 5.75 Å². The average molecular weight is 391 g/mol. The standard InChI is InChI=1S/C14H17Br2NO2/c1-8(2)12(16)14(18)17-7-10-6-11(15)5-9-3-4-19-13(9)10/h5-6,8,12H,3-4,7H2,1-2H3,(H,17,18). The maximum atomic E-state index is 11.9. The Morgan fingerprint density at radius 3 is 2.89 bits per heavy atom. The average Bonchev–Trinajstić information content (AvgIpc) is 2.82. The Bertz CT molecular complexity index is 489. The predicted molar refractivity (Wildman–Crippen MR) is 82.7 cm³/mol. The number of halogens is 2. The molecule has 0 radical (unpaired) electrons. The predicted octanol–water partition coefficient (Wildman–Crippen LogP) is 3.42. The Kier molecular flexibility index (Phi) is 4.90. The number of carbonyl (C=O) groups excluding carboxylic acids is 1. The molecule has 0 aromatic heterocycles. The molecule has 0 spiro atoms. The van der Waals surface area contributed by atoms with Gasteiger partial charge in [0.25, 0.3) is 0 Å². The van der Waals surface area contributed by atoms with Crippen LogP contribution in [0.1, 0.15) is 25.0 Å². The third-order valence-corrected chi connectivity index (χ3v) is 5.05. The molecule has 104 valence electrons. The highest BCUT2D eigenvalue weighted by molar-refractivity contribution is 9.10. The van der Waals surface area contributed by atoms with Gasteiger partial charge in [0, 0.05) is 23.0 Å². The second-order valence-electron chi connectivity index (χ2n) is 5.02. The van der Waals surface area contributed by atoms with E-state index in [-0.39, 0.29) is 16.7 Å². The highest BCUT2D eigenvalue weighted by Crippen LogP contribution is 2.32. The smallest absolute Gasteiger partial charge is 0.234 e. The maximum Gasteiger partial charge on any atom is 0.234 e. The van der Waals surface area contributed by atoms with Crippen LogP contribution in [0.25, 0.3) is 0 Å². The van der Waals surface area contributed by atoms with E-state index in [1.165, 1.54) is 5.56 Å². The Balaban J connectivity index is 2.06. The summed E-state index contributed by atoms with van der Waals surface area (Å²) in [7, 11) is 0. The van der Waals surface area contributed by atoms with Gasteiger partial charge in [0.05, 0.1) is 11.4 Å². The van der Waals surface area contributed by atoms with Crippen molar-refractivity contribution in [2.45, 2.75) is 31.6 Å². The first-order valence-corrected chi connectivity index (χ1v) is 8.05. The van der Waals surface area contributed by atoms with Crippen LogP contribution in [0.4, 0.5) is 0 Å².